The second-order valence-electron chi connectivity index (χ2n) is 6.71. The van der Waals surface area contributed by atoms with Crippen LogP contribution < -0.4 is 10.6 Å². The Bertz CT molecular complexity index is 787. The fourth-order valence-electron chi connectivity index (χ4n) is 2.87. The highest BCUT2D eigenvalue weighted by Gasteiger charge is 2.14. The van der Waals surface area contributed by atoms with Crippen LogP contribution in [-0.4, -0.2) is 59.7 Å². The van der Waals surface area contributed by atoms with Crippen LogP contribution >= 0.6 is 11.3 Å². The van der Waals surface area contributed by atoms with Crippen LogP contribution in [0, 0.1) is 6.92 Å². The zero-order valence-corrected chi connectivity index (χ0v) is 16.8. The highest BCUT2D eigenvalue weighted by atomic mass is 32.1. The van der Waals surface area contributed by atoms with Crippen LogP contribution in [0.4, 0.5) is 5.69 Å². The number of carbonyl (C=O) groups is 2. The van der Waals surface area contributed by atoms with Gasteiger partial charge in [-0.25, -0.2) is 0 Å². The minimum Gasteiger partial charge on any atom is -0.364 e. The SMILES string of the molecule is Cc1ccc(NC(=O)c2nnc(COCC(=O)NCCN3CCCC3)s2)cc1. The molecule has 28 heavy (non-hydrogen) atoms. The van der Waals surface area contributed by atoms with E-state index in [-0.39, 0.29) is 30.0 Å². The van der Waals surface area contributed by atoms with Gasteiger partial charge < -0.3 is 20.3 Å². The quantitative estimate of drug-likeness (QED) is 0.663. The number of anilines is 1. The molecule has 0 aliphatic carbocycles. The van der Waals surface area contributed by atoms with Gasteiger partial charge in [-0.2, -0.15) is 0 Å². The molecule has 2 amide bonds. The van der Waals surface area contributed by atoms with Crippen molar-refractivity contribution < 1.29 is 14.3 Å². The van der Waals surface area contributed by atoms with Crippen molar-refractivity contribution in [2.24, 2.45) is 0 Å². The van der Waals surface area contributed by atoms with E-state index in [2.05, 4.69) is 25.7 Å². The molecule has 0 radical (unpaired) electrons. The van der Waals surface area contributed by atoms with Crippen molar-refractivity contribution in [1.82, 2.24) is 20.4 Å². The van der Waals surface area contributed by atoms with Gasteiger partial charge in [-0.1, -0.05) is 29.0 Å². The molecule has 2 N–H and O–H groups in total. The Labute approximate surface area is 168 Å². The number of aryl methyl sites for hydroxylation is 1. The van der Waals surface area contributed by atoms with Crippen LogP contribution in [0.1, 0.15) is 33.2 Å². The summed E-state index contributed by atoms with van der Waals surface area (Å²) < 4.78 is 5.38. The van der Waals surface area contributed by atoms with Crippen molar-refractivity contribution in [3.05, 3.63) is 39.8 Å². The third-order valence-electron chi connectivity index (χ3n) is 4.38. The molecule has 3 rings (SSSR count). The maximum atomic E-state index is 12.2. The van der Waals surface area contributed by atoms with E-state index in [9.17, 15) is 9.59 Å². The molecule has 2 heterocycles. The Balaban J connectivity index is 1.35. The summed E-state index contributed by atoms with van der Waals surface area (Å²) in [6, 6.07) is 7.51. The molecule has 150 valence electrons. The lowest BCUT2D eigenvalue weighted by molar-refractivity contribution is -0.126. The zero-order valence-electron chi connectivity index (χ0n) is 15.9. The largest absolute Gasteiger partial charge is 0.364 e. The van der Waals surface area contributed by atoms with Crippen molar-refractivity contribution in [3.8, 4) is 0 Å². The highest BCUT2D eigenvalue weighted by Crippen LogP contribution is 2.14. The molecule has 1 aromatic heterocycles. The van der Waals surface area contributed by atoms with Gasteiger partial charge in [0.2, 0.25) is 10.9 Å². The van der Waals surface area contributed by atoms with E-state index in [0.717, 1.165) is 36.5 Å². The Morgan fingerprint density at radius 2 is 1.93 bits per heavy atom. The van der Waals surface area contributed by atoms with Crippen molar-refractivity contribution in [1.29, 1.82) is 0 Å². The Hall–Kier alpha value is -2.36. The van der Waals surface area contributed by atoms with E-state index >= 15 is 0 Å². The fraction of sp³-hybridized carbons (Fsp3) is 0.474. The summed E-state index contributed by atoms with van der Waals surface area (Å²) in [4.78, 5) is 26.3. The van der Waals surface area contributed by atoms with Gasteiger partial charge in [0.1, 0.15) is 18.2 Å². The number of hydrogen-bond acceptors (Lipinski definition) is 7. The Morgan fingerprint density at radius 1 is 1.18 bits per heavy atom. The first-order chi connectivity index (χ1) is 13.6. The lowest BCUT2D eigenvalue weighted by Gasteiger charge is -2.14. The molecule has 1 fully saturated rings. The smallest absolute Gasteiger partial charge is 0.286 e. The van der Waals surface area contributed by atoms with Crippen LogP contribution in [0.5, 0.6) is 0 Å². The number of rotatable bonds is 9. The molecule has 0 bridgehead atoms. The lowest BCUT2D eigenvalue weighted by atomic mass is 10.2. The summed E-state index contributed by atoms with van der Waals surface area (Å²) in [5.74, 6) is -0.465. The molecule has 9 heteroatoms. The van der Waals surface area contributed by atoms with Crippen LogP contribution in [0.3, 0.4) is 0 Å². The summed E-state index contributed by atoms with van der Waals surface area (Å²) >= 11 is 1.15. The average Bonchev–Trinajstić information content (AvgIpc) is 3.36. The summed E-state index contributed by atoms with van der Waals surface area (Å²) in [6.07, 6.45) is 2.48. The summed E-state index contributed by atoms with van der Waals surface area (Å²) in [7, 11) is 0. The molecule has 0 spiro atoms. The van der Waals surface area contributed by atoms with Crippen LogP contribution in [-0.2, 0) is 16.1 Å². The number of aromatic nitrogens is 2. The molecule has 1 saturated heterocycles. The fourth-order valence-corrected chi connectivity index (χ4v) is 3.54. The maximum Gasteiger partial charge on any atom is 0.286 e. The van der Waals surface area contributed by atoms with Crippen molar-refractivity contribution in [2.75, 3.05) is 38.1 Å². The van der Waals surface area contributed by atoms with Gasteiger partial charge in [0, 0.05) is 18.8 Å². The first-order valence-electron chi connectivity index (χ1n) is 9.37. The first-order valence-corrected chi connectivity index (χ1v) is 10.2. The molecular weight excluding hydrogens is 378 g/mol. The van der Waals surface area contributed by atoms with Gasteiger partial charge in [-0.3, -0.25) is 9.59 Å². The van der Waals surface area contributed by atoms with E-state index in [1.807, 2.05) is 31.2 Å². The molecule has 1 aromatic carbocycles. The number of carbonyl (C=O) groups excluding carboxylic acids is 2. The Morgan fingerprint density at radius 3 is 2.68 bits per heavy atom. The molecule has 0 atom stereocenters. The third kappa shape index (κ3) is 6.36. The highest BCUT2D eigenvalue weighted by molar-refractivity contribution is 7.13. The van der Waals surface area contributed by atoms with Gasteiger partial charge in [0.05, 0.1) is 0 Å². The molecule has 0 unspecified atom stereocenters. The standard InChI is InChI=1S/C19H25N5O3S/c1-14-4-6-15(7-5-14)21-18(26)19-23-22-17(28-19)13-27-12-16(25)20-8-11-24-9-2-3-10-24/h4-7H,2-3,8-13H2,1H3,(H,20,25)(H,21,26). The molecule has 1 aliphatic heterocycles. The van der Waals surface area contributed by atoms with Crippen LogP contribution in [0.15, 0.2) is 24.3 Å². The monoisotopic (exact) mass is 403 g/mol. The Kier molecular flexibility index (Phi) is 7.46. The van der Waals surface area contributed by atoms with Gasteiger partial charge in [-0.15, -0.1) is 10.2 Å². The number of ether oxygens (including phenoxy) is 1. The minimum absolute atomic E-state index is 0.0372. The average molecular weight is 404 g/mol. The normalized spacial score (nSPS) is 14.2. The lowest BCUT2D eigenvalue weighted by Crippen LogP contribution is -2.35. The topological polar surface area (TPSA) is 96.5 Å². The van der Waals surface area contributed by atoms with E-state index in [1.165, 1.54) is 12.8 Å². The van der Waals surface area contributed by atoms with Gasteiger partial charge in [0.25, 0.3) is 5.91 Å². The van der Waals surface area contributed by atoms with E-state index in [0.29, 0.717) is 17.2 Å². The molecule has 0 saturated carbocycles. The van der Waals surface area contributed by atoms with Crippen LogP contribution in [0.2, 0.25) is 0 Å². The number of nitrogens with one attached hydrogen (secondary N) is 2. The van der Waals surface area contributed by atoms with Crippen LogP contribution in [0.25, 0.3) is 0 Å². The zero-order chi connectivity index (χ0) is 19.8. The number of likely N-dealkylation sites (tertiary alicyclic amines) is 1. The second kappa shape index (κ2) is 10.3. The predicted molar refractivity (Wildman–Crippen MR) is 107 cm³/mol. The predicted octanol–water partition coefficient (Wildman–Crippen LogP) is 1.83. The van der Waals surface area contributed by atoms with Gasteiger partial charge >= 0.3 is 0 Å². The molecule has 2 aromatic rings. The van der Waals surface area contributed by atoms with Crippen molar-refractivity contribution in [2.45, 2.75) is 26.4 Å². The molecule has 1 aliphatic rings. The maximum absolute atomic E-state index is 12.2. The number of hydrogen-bond donors (Lipinski definition) is 2. The number of amides is 2. The van der Waals surface area contributed by atoms with Gasteiger partial charge in [0.15, 0.2) is 0 Å². The minimum atomic E-state index is -0.313. The van der Waals surface area contributed by atoms with E-state index < -0.39 is 0 Å². The summed E-state index contributed by atoms with van der Waals surface area (Å²) in [5.41, 5.74) is 1.82. The van der Waals surface area contributed by atoms with Crippen molar-refractivity contribution in [3.63, 3.8) is 0 Å². The molecule has 8 nitrogen and oxygen atoms in total. The van der Waals surface area contributed by atoms with E-state index in [4.69, 9.17) is 4.74 Å². The van der Waals surface area contributed by atoms with Crippen molar-refractivity contribution >= 4 is 28.8 Å². The number of nitrogens with zero attached hydrogens (tertiary/aromatic N) is 3. The van der Waals surface area contributed by atoms with Gasteiger partial charge in [-0.05, 0) is 45.0 Å². The number of benzene rings is 1. The summed E-state index contributed by atoms with van der Waals surface area (Å²) in [6.45, 7) is 5.83. The third-order valence-corrected chi connectivity index (χ3v) is 5.27. The first kappa shape index (κ1) is 20.4. The molecular formula is C19H25N5O3S. The van der Waals surface area contributed by atoms with E-state index in [1.54, 1.807) is 0 Å². The summed E-state index contributed by atoms with van der Waals surface area (Å²) in [5, 5.41) is 14.3. The second-order valence-corrected chi connectivity index (χ2v) is 7.77.